The SMILES string of the molecule is CC(C(=O)O)C1CN(C(C)C(=O)N2CCCC2)C1. The minimum Gasteiger partial charge on any atom is -0.481 e. The number of rotatable bonds is 4. The van der Waals surface area contributed by atoms with Crippen LogP contribution in [0.1, 0.15) is 26.7 Å². The Hall–Kier alpha value is -1.10. The van der Waals surface area contributed by atoms with E-state index in [4.69, 9.17) is 5.11 Å². The molecule has 5 nitrogen and oxygen atoms in total. The zero-order valence-electron chi connectivity index (χ0n) is 11.1. The van der Waals surface area contributed by atoms with Crippen LogP contribution in [0, 0.1) is 11.8 Å². The summed E-state index contributed by atoms with van der Waals surface area (Å²) in [7, 11) is 0. The molecule has 0 radical (unpaired) electrons. The molecule has 18 heavy (non-hydrogen) atoms. The van der Waals surface area contributed by atoms with E-state index in [1.165, 1.54) is 0 Å². The second-order valence-electron chi connectivity index (χ2n) is 5.55. The molecule has 2 atom stereocenters. The molecule has 0 bridgehead atoms. The molecule has 5 heteroatoms. The Morgan fingerprint density at radius 1 is 1.17 bits per heavy atom. The van der Waals surface area contributed by atoms with E-state index in [0.29, 0.717) is 0 Å². The molecule has 0 aromatic heterocycles. The number of hydrogen-bond acceptors (Lipinski definition) is 3. The van der Waals surface area contributed by atoms with Gasteiger partial charge in [0.2, 0.25) is 5.91 Å². The van der Waals surface area contributed by atoms with Gasteiger partial charge in [0.25, 0.3) is 0 Å². The zero-order valence-corrected chi connectivity index (χ0v) is 11.1. The van der Waals surface area contributed by atoms with Crippen molar-refractivity contribution in [2.75, 3.05) is 26.2 Å². The average molecular weight is 254 g/mol. The van der Waals surface area contributed by atoms with Crippen molar-refractivity contribution in [3.8, 4) is 0 Å². The minimum atomic E-state index is -0.738. The number of hydrogen-bond donors (Lipinski definition) is 1. The maximum Gasteiger partial charge on any atom is 0.306 e. The van der Waals surface area contributed by atoms with Crippen molar-refractivity contribution in [2.45, 2.75) is 32.7 Å². The van der Waals surface area contributed by atoms with E-state index < -0.39 is 5.97 Å². The second-order valence-corrected chi connectivity index (χ2v) is 5.55. The number of carbonyl (C=O) groups is 2. The van der Waals surface area contributed by atoms with Crippen LogP contribution in [0.15, 0.2) is 0 Å². The monoisotopic (exact) mass is 254 g/mol. The molecule has 1 amide bonds. The third-order valence-electron chi connectivity index (χ3n) is 4.36. The van der Waals surface area contributed by atoms with Gasteiger partial charge in [-0.2, -0.15) is 0 Å². The molecule has 2 aliphatic heterocycles. The van der Waals surface area contributed by atoms with E-state index in [1.54, 1.807) is 6.92 Å². The van der Waals surface area contributed by atoms with Crippen molar-refractivity contribution in [1.29, 1.82) is 0 Å². The molecule has 2 unspecified atom stereocenters. The van der Waals surface area contributed by atoms with Crippen LogP contribution in [0.2, 0.25) is 0 Å². The summed E-state index contributed by atoms with van der Waals surface area (Å²) in [5.41, 5.74) is 0. The first-order chi connectivity index (χ1) is 8.50. The second kappa shape index (κ2) is 5.26. The van der Waals surface area contributed by atoms with Gasteiger partial charge < -0.3 is 10.0 Å². The fraction of sp³-hybridized carbons (Fsp3) is 0.846. The predicted octanol–water partition coefficient (Wildman–Crippen LogP) is 0.650. The molecule has 2 aliphatic rings. The van der Waals surface area contributed by atoms with Crippen molar-refractivity contribution in [1.82, 2.24) is 9.80 Å². The fourth-order valence-electron chi connectivity index (χ4n) is 2.74. The highest BCUT2D eigenvalue weighted by Gasteiger charge is 2.39. The standard InChI is InChI=1S/C13H22N2O3/c1-9(13(17)18)11-7-15(8-11)10(2)12(16)14-5-3-4-6-14/h9-11H,3-8H2,1-2H3,(H,17,18). The Labute approximate surface area is 108 Å². The third-order valence-corrected chi connectivity index (χ3v) is 4.36. The van der Waals surface area contributed by atoms with Gasteiger partial charge in [0, 0.05) is 26.2 Å². The molecule has 0 aromatic rings. The highest BCUT2D eigenvalue weighted by molar-refractivity contribution is 5.81. The van der Waals surface area contributed by atoms with Crippen molar-refractivity contribution >= 4 is 11.9 Å². The summed E-state index contributed by atoms with van der Waals surface area (Å²) in [5.74, 6) is -0.654. The van der Waals surface area contributed by atoms with Gasteiger partial charge in [-0.1, -0.05) is 6.92 Å². The molecule has 2 saturated heterocycles. The van der Waals surface area contributed by atoms with E-state index in [-0.39, 0.29) is 23.8 Å². The highest BCUT2D eigenvalue weighted by Crippen LogP contribution is 2.26. The van der Waals surface area contributed by atoms with Crippen molar-refractivity contribution in [3.63, 3.8) is 0 Å². The van der Waals surface area contributed by atoms with E-state index in [0.717, 1.165) is 39.0 Å². The van der Waals surface area contributed by atoms with Gasteiger partial charge >= 0.3 is 5.97 Å². The van der Waals surface area contributed by atoms with Crippen LogP contribution in [0.3, 0.4) is 0 Å². The van der Waals surface area contributed by atoms with Gasteiger partial charge in [0.05, 0.1) is 12.0 Å². The average Bonchev–Trinajstić information content (AvgIpc) is 2.78. The largest absolute Gasteiger partial charge is 0.481 e. The Bertz CT molecular complexity index is 333. The Morgan fingerprint density at radius 2 is 1.72 bits per heavy atom. The molecule has 1 N–H and O–H groups in total. The first kappa shape index (κ1) is 13.3. The van der Waals surface area contributed by atoms with E-state index in [1.807, 2.05) is 11.8 Å². The summed E-state index contributed by atoms with van der Waals surface area (Å²) >= 11 is 0. The van der Waals surface area contributed by atoms with Crippen LogP contribution in [-0.4, -0.2) is 59.0 Å². The molecule has 0 saturated carbocycles. The molecule has 2 rings (SSSR count). The van der Waals surface area contributed by atoms with Crippen LogP contribution in [0.4, 0.5) is 0 Å². The summed E-state index contributed by atoms with van der Waals surface area (Å²) in [4.78, 5) is 27.0. The van der Waals surface area contributed by atoms with Gasteiger partial charge in [-0.25, -0.2) is 0 Å². The van der Waals surface area contributed by atoms with Crippen LogP contribution in [0.25, 0.3) is 0 Å². The maximum absolute atomic E-state index is 12.2. The number of amides is 1. The normalized spacial score (nSPS) is 24.7. The predicted molar refractivity (Wildman–Crippen MR) is 67.1 cm³/mol. The number of aliphatic carboxylic acids is 1. The van der Waals surface area contributed by atoms with Crippen LogP contribution < -0.4 is 0 Å². The third kappa shape index (κ3) is 2.51. The molecular formula is C13H22N2O3. The van der Waals surface area contributed by atoms with Crippen molar-refractivity contribution in [3.05, 3.63) is 0 Å². The highest BCUT2D eigenvalue weighted by atomic mass is 16.4. The summed E-state index contributed by atoms with van der Waals surface area (Å²) in [5, 5.41) is 8.93. The molecule has 0 spiro atoms. The van der Waals surface area contributed by atoms with Crippen molar-refractivity contribution < 1.29 is 14.7 Å². The lowest BCUT2D eigenvalue weighted by atomic mass is 9.86. The molecular weight excluding hydrogens is 232 g/mol. The lowest BCUT2D eigenvalue weighted by Crippen LogP contribution is -2.58. The summed E-state index contributed by atoms with van der Waals surface area (Å²) in [6.07, 6.45) is 2.22. The number of nitrogens with zero attached hydrogens (tertiary/aromatic N) is 2. The van der Waals surface area contributed by atoms with Crippen LogP contribution >= 0.6 is 0 Å². The summed E-state index contributed by atoms with van der Waals surface area (Å²) in [6.45, 7) is 6.90. The number of carboxylic acids is 1. The summed E-state index contributed by atoms with van der Waals surface area (Å²) < 4.78 is 0. The molecule has 2 heterocycles. The van der Waals surface area contributed by atoms with Crippen LogP contribution in [0.5, 0.6) is 0 Å². The molecule has 102 valence electrons. The Balaban J connectivity index is 1.80. The van der Waals surface area contributed by atoms with E-state index in [9.17, 15) is 9.59 Å². The fourth-order valence-corrected chi connectivity index (χ4v) is 2.74. The number of carboxylic acid groups (broad SMARTS) is 1. The lowest BCUT2D eigenvalue weighted by Gasteiger charge is -2.44. The first-order valence-corrected chi connectivity index (χ1v) is 6.76. The van der Waals surface area contributed by atoms with E-state index >= 15 is 0 Å². The van der Waals surface area contributed by atoms with E-state index in [2.05, 4.69) is 4.90 Å². The van der Waals surface area contributed by atoms with Gasteiger partial charge in [-0.05, 0) is 25.7 Å². The molecule has 0 aromatic carbocycles. The maximum atomic E-state index is 12.2. The smallest absolute Gasteiger partial charge is 0.306 e. The van der Waals surface area contributed by atoms with Gasteiger partial charge in [0.1, 0.15) is 0 Å². The molecule has 0 aliphatic carbocycles. The Kier molecular flexibility index (Phi) is 3.90. The van der Waals surface area contributed by atoms with Gasteiger partial charge in [-0.3, -0.25) is 14.5 Å². The summed E-state index contributed by atoms with van der Waals surface area (Å²) in [6, 6.07) is -0.0969. The first-order valence-electron chi connectivity index (χ1n) is 6.76. The molecule has 2 fully saturated rings. The van der Waals surface area contributed by atoms with Crippen LogP contribution in [-0.2, 0) is 9.59 Å². The lowest BCUT2D eigenvalue weighted by molar-refractivity contribution is -0.147. The number of likely N-dealkylation sites (tertiary alicyclic amines) is 2. The minimum absolute atomic E-state index is 0.0969. The Morgan fingerprint density at radius 3 is 2.22 bits per heavy atom. The van der Waals surface area contributed by atoms with Gasteiger partial charge in [-0.15, -0.1) is 0 Å². The number of carbonyl (C=O) groups excluding carboxylic acids is 1. The van der Waals surface area contributed by atoms with Gasteiger partial charge in [0.15, 0.2) is 0 Å². The topological polar surface area (TPSA) is 60.9 Å². The van der Waals surface area contributed by atoms with Crippen molar-refractivity contribution in [2.24, 2.45) is 11.8 Å². The zero-order chi connectivity index (χ0) is 13.3. The quantitative estimate of drug-likeness (QED) is 0.800.